The number of rotatable bonds is 5. The van der Waals surface area contributed by atoms with Gasteiger partial charge in [0.1, 0.15) is 17.2 Å². The molecule has 0 aliphatic heterocycles. The summed E-state index contributed by atoms with van der Waals surface area (Å²) in [5, 5.41) is 4.03. The van der Waals surface area contributed by atoms with E-state index in [2.05, 4.69) is 15.3 Å². The molecule has 2 aromatic heterocycles. The molecule has 1 aromatic carbocycles. The first kappa shape index (κ1) is 14.9. The largest absolute Gasteiger partial charge is 0.480 e. The molecule has 0 fully saturated rings. The molecule has 0 bridgehead atoms. The number of pyridine rings is 1. The van der Waals surface area contributed by atoms with Crippen molar-refractivity contribution in [2.45, 2.75) is 13.0 Å². The maximum atomic E-state index is 11.3. The molecule has 118 valence electrons. The van der Waals surface area contributed by atoms with Crippen LogP contribution in [0.3, 0.4) is 0 Å². The lowest BCUT2D eigenvalue weighted by Crippen LogP contribution is -2.30. The highest BCUT2D eigenvalue weighted by Gasteiger charge is 2.16. The molecule has 0 aliphatic carbocycles. The Morgan fingerprint density at radius 1 is 1.30 bits per heavy atom. The van der Waals surface area contributed by atoms with Gasteiger partial charge >= 0.3 is 0 Å². The molecule has 0 radical (unpaired) electrons. The van der Waals surface area contributed by atoms with Gasteiger partial charge in [-0.3, -0.25) is 4.79 Å². The predicted octanol–water partition coefficient (Wildman–Crippen LogP) is 2.52. The van der Waals surface area contributed by atoms with Crippen LogP contribution < -0.4 is 15.8 Å². The molecule has 0 saturated heterocycles. The monoisotopic (exact) mass is 310 g/mol. The summed E-state index contributed by atoms with van der Waals surface area (Å²) < 4.78 is 5.73. The SMILES string of the molecule is CNc1cc(-c2ccccc2O[C@@H](C)C(N)=O)c2cc[nH]c2n1. The molecular weight excluding hydrogens is 292 g/mol. The van der Waals surface area contributed by atoms with Gasteiger partial charge in [0.2, 0.25) is 0 Å². The topological polar surface area (TPSA) is 93.0 Å². The minimum Gasteiger partial charge on any atom is -0.480 e. The van der Waals surface area contributed by atoms with E-state index in [4.69, 9.17) is 10.5 Å². The molecule has 1 atom stereocenters. The molecule has 6 heteroatoms. The number of H-pyrrole nitrogens is 1. The maximum Gasteiger partial charge on any atom is 0.258 e. The van der Waals surface area contributed by atoms with Crippen LogP contribution in [0.1, 0.15) is 6.92 Å². The Morgan fingerprint density at radius 3 is 2.83 bits per heavy atom. The minimum atomic E-state index is -0.705. The van der Waals surface area contributed by atoms with Gasteiger partial charge in [-0.05, 0) is 25.1 Å². The molecule has 3 rings (SSSR count). The molecule has 1 amide bonds. The smallest absolute Gasteiger partial charge is 0.258 e. The van der Waals surface area contributed by atoms with Crippen LogP contribution in [0, 0.1) is 0 Å². The van der Waals surface area contributed by atoms with Crippen molar-refractivity contribution in [1.82, 2.24) is 9.97 Å². The third-order valence-corrected chi connectivity index (χ3v) is 3.67. The molecular formula is C17H18N4O2. The second-order valence-electron chi connectivity index (χ2n) is 5.20. The number of nitrogens with one attached hydrogen (secondary N) is 2. The third kappa shape index (κ3) is 2.83. The van der Waals surface area contributed by atoms with Gasteiger partial charge in [-0.1, -0.05) is 18.2 Å². The number of carbonyl (C=O) groups excluding carboxylic acids is 1. The number of amides is 1. The maximum absolute atomic E-state index is 11.3. The zero-order valence-corrected chi connectivity index (χ0v) is 13.0. The van der Waals surface area contributed by atoms with E-state index in [1.807, 2.05) is 49.6 Å². The summed E-state index contributed by atoms with van der Waals surface area (Å²) in [6.45, 7) is 1.64. The number of aromatic nitrogens is 2. The number of primary amides is 1. The van der Waals surface area contributed by atoms with Gasteiger partial charge in [0.05, 0.1) is 0 Å². The normalized spacial score (nSPS) is 12.1. The number of ether oxygens (including phenoxy) is 1. The molecule has 6 nitrogen and oxygen atoms in total. The van der Waals surface area contributed by atoms with E-state index in [-0.39, 0.29) is 0 Å². The highest BCUT2D eigenvalue weighted by atomic mass is 16.5. The second-order valence-corrected chi connectivity index (χ2v) is 5.20. The molecule has 0 unspecified atom stereocenters. The van der Waals surface area contributed by atoms with Gasteiger partial charge < -0.3 is 20.8 Å². The summed E-state index contributed by atoms with van der Waals surface area (Å²) in [6, 6.07) is 11.5. The van der Waals surface area contributed by atoms with Gasteiger partial charge in [-0.25, -0.2) is 4.98 Å². The molecule has 23 heavy (non-hydrogen) atoms. The van der Waals surface area contributed by atoms with E-state index in [9.17, 15) is 4.79 Å². The first-order valence-corrected chi connectivity index (χ1v) is 7.31. The number of aromatic amines is 1. The molecule has 0 saturated carbocycles. The average Bonchev–Trinajstić information content (AvgIpc) is 3.02. The van der Waals surface area contributed by atoms with Crippen molar-refractivity contribution in [3.63, 3.8) is 0 Å². The lowest BCUT2D eigenvalue weighted by atomic mass is 10.0. The highest BCUT2D eigenvalue weighted by Crippen LogP contribution is 2.36. The number of nitrogens with zero attached hydrogens (tertiary/aromatic N) is 1. The van der Waals surface area contributed by atoms with Crippen LogP contribution in [0.5, 0.6) is 5.75 Å². The quantitative estimate of drug-likeness (QED) is 0.675. The van der Waals surface area contributed by atoms with Crippen LogP contribution >= 0.6 is 0 Å². The predicted molar refractivity (Wildman–Crippen MR) is 90.4 cm³/mol. The summed E-state index contributed by atoms with van der Waals surface area (Å²) in [5.41, 5.74) is 7.93. The fourth-order valence-corrected chi connectivity index (χ4v) is 2.43. The summed E-state index contributed by atoms with van der Waals surface area (Å²) >= 11 is 0. The number of carbonyl (C=O) groups is 1. The molecule has 0 spiro atoms. The lowest BCUT2D eigenvalue weighted by molar-refractivity contribution is -0.123. The first-order chi connectivity index (χ1) is 11.1. The van der Waals surface area contributed by atoms with Gasteiger partial charge in [-0.15, -0.1) is 0 Å². The van der Waals surface area contributed by atoms with Crippen LogP contribution in [-0.2, 0) is 4.79 Å². The van der Waals surface area contributed by atoms with Crippen molar-refractivity contribution >= 4 is 22.8 Å². The zero-order chi connectivity index (χ0) is 16.4. The standard InChI is InChI=1S/C17H18N4O2/c1-10(16(18)22)23-14-6-4-3-5-11(14)13-9-15(19-2)21-17-12(13)7-8-20-17/h3-10H,1-2H3,(H2,18,22)(H2,19,20,21)/t10-/m0/s1. The number of para-hydroxylation sites is 1. The van der Waals surface area contributed by atoms with Crippen molar-refractivity contribution in [2.24, 2.45) is 5.73 Å². The van der Waals surface area contributed by atoms with E-state index in [1.54, 1.807) is 6.92 Å². The van der Waals surface area contributed by atoms with E-state index < -0.39 is 12.0 Å². The number of benzene rings is 1. The van der Waals surface area contributed by atoms with Crippen LogP contribution in [0.25, 0.3) is 22.2 Å². The van der Waals surface area contributed by atoms with E-state index in [0.29, 0.717) is 5.75 Å². The molecule has 3 aromatic rings. The molecule has 2 heterocycles. The molecule has 4 N–H and O–H groups in total. The second kappa shape index (κ2) is 6.00. The van der Waals surface area contributed by atoms with Gasteiger partial charge in [0.15, 0.2) is 6.10 Å². The summed E-state index contributed by atoms with van der Waals surface area (Å²) in [6.07, 6.45) is 1.14. The fourth-order valence-electron chi connectivity index (χ4n) is 2.43. The van der Waals surface area contributed by atoms with Crippen molar-refractivity contribution < 1.29 is 9.53 Å². The fraction of sp³-hybridized carbons (Fsp3) is 0.176. The average molecular weight is 310 g/mol. The Labute approximate surface area is 133 Å². The van der Waals surface area contributed by atoms with E-state index >= 15 is 0 Å². The Morgan fingerprint density at radius 2 is 2.09 bits per heavy atom. The number of fused-ring (bicyclic) bond motifs is 1. The lowest BCUT2D eigenvalue weighted by Gasteiger charge is -2.16. The Bertz CT molecular complexity index is 857. The van der Waals surface area contributed by atoms with Crippen molar-refractivity contribution in [3.8, 4) is 16.9 Å². The van der Waals surface area contributed by atoms with Crippen LogP contribution in [-0.4, -0.2) is 29.0 Å². The van der Waals surface area contributed by atoms with Crippen molar-refractivity contribution in [1.29, 1.82) is 0 Å². The van der Waals surface area contributed by atoms with E-state index in [0.717, 1.165) is 28.0 Å². The van der Waals surface area contributed by atoms with E-state index in [1.165, 1.54) is 0 Å². The highest BCUT2D eigenvalue weighted by molar-refractivity contribution is 5.96. The van der Waals surface area contributed by atoms with Crippen molar-refractivity contribution in [2.75, 3.05) is 12.4 Å². The van der Waals surface area contributed by atoms with Crippen molar-refractivity contribution in [3.05, 3.63) is 42.6 Å². The molecule has 0 aliphatic rings. The first-order valence-electron chi connectivity index (χ1n) is 7.31. The number of anilines is 1. The number of nitrogens with two attached hydrogens (primary N) is 1. The zero-order valence-electron chi connectivity index (χ0n) is 13.0. The van der Waals surface area contributed by atoms with Crippen LogP contribution in [0.2, 0.25) is 0 Å². The Hall–Kier alpha value is -3.02. The number of hydrogen-bond donors (Lipinski definition) is 3. The Kier molecular flexibility index (Phi) is 3.89. The minimum absolute atomic E-state index is 0.503. The summed E-state index contributed by atoms with van der Waals surface area (Å²) in [5.74, 6) is 0.847. The van der Waals surface area contributed by atoms with Gasteiger partial charge in [0, 0.05) is 29.8 Å². The van der Waals surface area contributed by atoms with Gasteiger partial charge in [0.25, 0.3) is 5.91 Å². The van der Waals surface area contributed by atoms with Gasteiger partial charge in [-0.2, -0.15) is 0 Å². The summed E-state index contributed by atoms with van der Waals surface area (Å²) in [4.78, 5) is 18.9. The Balaban J connectivity index is 2.15. The number of hydrogen-bond acceptors (Lipinski definition) is 4. The third-order valence-electron chi connectivity index (χ3n) is 3.67. The summed E-state index contributed by atoms with van der Waals surface area (Å²) in [7, 11) is 1.82. The van der Waals surface area contributed by atoms with Crippen LogP contribution in [0.15, 0.2) is 42.6 Å². The van der Waals surface area contributed by atoms with Crippen LogP contribution in [0.4, 0.5) is 5.82 Å².